The number of benzene rings is 3. The quantitative estimate of drug-likeness (QED) is 0.221. The number of carbonyl (C=O) groups is 3. The number of carbonyl (C=O) groups excluding carboxylic acids is 3. The molecule has 3 aromatic rings. The second kappa shape index (κ2) is 13.0. The Morgan fingerprint density at radius 2 is 1.55 bits per heavy atom. The van der Waals surface area contributed by atoms with Crippen LogP contribution in [-0.2, 0) is 14.4 Å². The van der Waals surface area contributed by atoms with Gasteiger partial charge >= 0.3 is 11.8 Å². The highest BCUT2D eigenvalue weighted by Gasteiger charge is 2.15. The van der Waals surface area contributed by atoms with Crippen LogP contribution in [0.25, 0.3) is 0 Å². The molecule has 3 rings (SSSR count). The highest BCUT2D eigenvalue weighted by atomic mass is 16.5. The van der Waals surface area contributed by atoms with Gasteiger partial charge < -0.3 is 20.1 Å². The van der Waals surface area contributed by atoms with Gasteiger partial charge in [-0.3, -0.25) is 14.4 Å². The molecular formula is C29H32N4O5. The van der Waals surface area contributed by atoms with Gasteiger partial charge in [0, 0.05) is 11.4 Å². The first-order valence-corrected chi connectivity index (χ1v) is 12.1. The van der Waals surface area contributed by atoms with Crippen molar-refractivity contribution in [1.29, 1.82) is 0 Å². The fourth-order valence-electron chi connectivity index (χ4n) is 3.59. The molecule has 0 unspecified atom stereocenters. The van der Waals surface area contributed by atoms with Gasteiger partial charge in [0.1, 0.15) is 0 Å². The summed E-state index contributed by atoms with van der Waals surface area (Å²) in [5, 5.41) is 9.33. The second-order valence-electron chi connectivity index (χ2n) is 8.71. The molecule has 0 aliphatic carbocycles. The number of aryl methyl sites for hydroxylation is 4. The van der Waals surface area contributed by atoms with E-state index in [-0.39, 0.29) is 12.5 Å². The lowest BCUT2D eigenvalue weighted by Gasteiger charge is -2.13. The maximum atomic E-state index is 12.4. The van der Waals surface area contributed by atoms with Gasteiger partial charge in [-0.15, -0.1) is 0 Å². The number of hydrogen-bond donors (Lipinski definition) is 3. The second-order valence-corrected chi connectivity index (χ2v) is 8.71. The molecule has 0 radical (unpaired) electrons. The molecule has 3 amide bonds. The zero-order valence-corrected chi connectivity index (χ0v) is 22.2. The van der Waals surface area contributed by atoms with E-state index in [0.29, 0.717) is 29.4 Å². The summed E-state index contributed by atoms with van der Waals surface area (Å²) in [6.07, 6.45) is 1.38. The van der Waals surface area contributed by atoms with E-state index in [1.54, 1.807) is 18.2 Å². The number of amides is 3. The average Bonchev–Trinajstić information content (AvgIpc) is 2.88. The maximum Gasteiger partial charge on any atom is 0.329 e. The summed E-state index contributed by atoms with van der Waals surface area (Å²) in [7, 11) is 0. The van der Waals surface area contributed by atoms with Crippen LogP contribution in [0.4, 0.5) is 11.4 Å². The van der Waals surface area contributed by atoms with Gasteiger partial charge in [0.15, 0.2) is 18.1 Å². The van der Waals surface area contributed by atoms with E-state index in [4.69, 9.17) is 9.47 Å². The number of anilines is 2. The number of rotatable bonds is 9. The third kappa shape index (κ3) is 7.67. The van der Waals surface area contributed by atoms with Gasteiger partial charge in [0.25, 0.3) is 5.91 Å². The molecule has 0 saturated heterocycles. The van der Waals surface area contributed by atoms with Crippen LogP contribution in [0.5, 0.6) is 11.5 Å². The van der Waals surface area contributed by atoms with E-state index >= 15 is 0 Å². The molecule has 3 N–H and O–H groups in total. The van der Waals surface area contributed by atoms with Crippen LogP contribution in [0, 0.1) is 27.7 Å². The number of hydrazone groups is 1. The Bertz CT molecular complexity index is 1350. The number of nitrogens with one attached hydrogen (secondary N) is 3. The lowest BCUT2D eigenvalue weighted by atomic mass is 10.1. The van der Waals surface area contributed by atoms with Crippen LogP contribution in [0.15, 0.2) is 59.7 Å². The summed E-state index contributed by atoms with van der Waals surface area (Å²) in [4.78, 5) is 36.9. The van der Waals surface area contributed by atoms with Crippen molar-refractivity contribution < 1.29 is 23.9 Å². The molecule has 0 fully saturated rings. The third-order valence-corrected chi connectivity index (χ3v) is 5.60. The number of ether oxygens (including phenoxy) is 2. The van der Waals surface area contributed by atoms with E-state index in [1.807, 2.05) is 71.0 Å². The largest absolute Gasteiger partial charge is 0.490 e. The summed E-state index contributed by atoms with van der Waals surface area (Å²) in [5.74, 6) is -1.22. The SMILES string of the molecule is CCOc1cc(/C=N\NC(=O)C(=O)Nc2c(C)cccc2C)ccc1OCC(=O)Nc1cc(C)ccc1C. The lowest BCUT2D eigenvalue weighted by molar-refractivity contribution is -0.136. The molecule has 0 aromatic heterocycles. The van der Waals surface area contributed by atoms with Gasteiger partial charge in [0.05, 0.1) is 12.8 Å². The van der Waals surface area contributed by atoms with Gasteiger partial charge in [-0.25, -0.2) is 5.43 Å². The first-order valence-electron chi connectivity index (χ1n) is 12.1. The molecule has 9 nitrogen and oxygen atoms in total. The fraction of sp³-hybridized carbons (Fsp3) is 0.241. The molecular weight excluding hydrogens is 484 g/mol. The molecule has 198 valence electrons. The van der Waals surface area contributed by atoms with E-state index in [1.165, 1.54) is 6.21 Å². The van der Waals surface area contributed by atoms with Crippen LogP contribution in [-0.4, -0.2) is 37.1 Å². The molecule has 0 aliphatic heterocycles. The van der Waals surface area contributed by atoms with Crippen LogP contribution >= 0.6 is 0 Å². The predicted octanol–water partition coefficient (Wildman–Crippen LogP) is 4.43. The van der Waals surface area contributed by atoms with Crippen molar-refractivity contribution in [1.82, 2.24) is 5.43 Å². The van der Waals surface area contributed by atoms with Crippen molar-refractivity contribution in [3.63, 3.8) is 0 Å². The Morgan fingerprint density at radius 1 is 0.816 bits per heavy atom. The molecule has 0 bridgehead atoms. The Morgan fingerprint density at radius 3 is 2.26 bits per heavy atom. The number of hydrogen-bond acceptors (Lipinski definition) is 6. The van der Waals surface area contributed by atoms with E-state index in [0.717, 1.165) is 27.9 Å². The van der Waals surface area contributed by atoms with Crippen molar-refractivity contribution in [3.05, 3.63) is 82.4 Å². The summed E-state index contributed by atoms with van der Waals surface area (Å²) < 4.78 is 11.3. The zero-order chi connectivity index (χ0) is 27.7. The summed E-state index contributed by atoms with van der Waals surface area (Å²) in [5.41, 5.74) is 7.84. The topological polar surface area (TPSA) is 118 Å². The van der Waals surface area contributed by atoms with Gasteiger partial charge in [-0.1, -0.05) is 30.3 Å². The zero-order valence-electron chi connectivity index (χ0n) is 22.2. The van der Waals surface area contributed by atoms with Crippen LogP contribution in [0.1, 0.15) is 34.7 Å². The molecule has 0 saturated carbocycles. The van der Waals surface area contributed by atoms with Crippen molar-refractivity contribution in [2.45, 2.75) is 34.6 Å². The van der Waals surface area contributed by atoms with Crippen molar-refractivity contribution in [3.8, 4) is 11.5 Å². The predicted molar refractivity (Wildman–Crippen MR) is 148 cm³/mol. The van der Waals surface area contributed by atoms with Crippen molar-refractivity contribution in [2.24, 2.45) is 5.10 Å². The fourth-order valence-corrected chi connectivity index (χ4v) is 3.59. The van der Waals surface area contributed by atoms with Crippen LogP contribution in [0.2, 0.25) is 0 Å². The molecule has 3 aromatic carbocycles. The van der Waals surface area contributed by atoms with E-state index in [9.17, 15) is 14.4 Å². The minimum atomic E-state index is -0.899. The Kier molecular flexibility index (Phi) is 9.59. The Balaban J connectivity index is 1.59. The van der Waals surface area contributed by atoms with Gasteiger partial charge in [0.2, 0.25) is 0 Å². The number of para-hydroxylation sites is 1. The Hall–Kier alpha value is -4.66. The maximum absolute atomic E-state index is 12.4. The minimum absolute atomic E-state index is 0.202. The van der Waals surface area contributed by atoms with Crippen molar-refractivity contribution in [2.75, 3.05) is 23.8 Å². The molecule has 0 spiro atoms. The summed E-state index contributed by atoms with van der Waals surface area (Å²) in [6.45, 7) is 9.57. The van der Waals surface area contributed by atoms with Crippen molar-refractivity contribution >= 4 is 35.3 Å². The standard InChI is InChI=1S/C29H32N4O5/c1-6-37-25-15-22(16-30-33-29(36)28(35)32-27-20(4)8-7-9-21(27)5)12-13-24(25)38-17-26(34)31-23-14-18(2)10-11-19(23)3/h7-16H,6,17H2,1-5H3,(H,31,34)(H,32,35)(H,33,36)/b30-16-. The van der Waals surface area contributed by atoms with Crippen LogP contribution < -0.4 is 25.5 Å². The first-order chi connectivity index (χ1) is 18.2. The van der Waals surface area contributed by atoms with Gasteiger partial charge in [-0.2, -0.15) is 5.10 Å². The molecule has 9 heteroatoms. The molecule has 0 atom stereocenters. The number of nitrogens with zero attached hydrogens (tertiary/aromatic N) is 1. The summed E-state index contributed by atoms with van der Waals surface area (Å²) in [6, 6.07) is 16.4. The van der Waals surface area contributed by atoms with Crippen LogP contribution in [0.3, 0.4) is 0 Å². The van der Waals surface area contributed by atoms with E-state index < -0.39 is 11.8 Å². The monoisotopic (exact) mass is 516 g/mol. The third-order valence-electron chi connectivity index (χ3n) is 5.60. The highest BCUT2D eigenvalue weighted by molar-refractivity contribution is 6.39. The Labute approximate surface area is 222 Å². The first kappa shape index (κ1) is 27.9. The van der Waals surface area contributed by atoms with Gasteiger partial charge in [-0.05, 0) is 86.7 Å². The average molecular weight is 517 g/mol. The molecule has 38 heavy (non-hydrogen) atoms. The molecule has 0 heterocycles. The normalized spacial score (nSPS) is 10.7. The molecule has 0 aliphatic rings. The van der Waals surface area contributed by atoms with E-state index in [2.05, 4.69) is 21.2 Å². The lowest BCUT2D eigenvalue weighted by Crippen LogP contribution is -2.32. The smallest absolute Gasteiger partial charge is 0.329 e. The minimum Gasteiger partial charge on any atom is -0.490 e. The summed E-state index contributed by atoms with van der Waals surface area (Å²) >= 11 is 0. The highest BCUT2D eigenvalue weighted by Crippen LogP contribution is 2.28.